The summed E-state index contributed by atoms with van der Waals surface area (Å²) in [6.07, 6.45) is 3.79. The van der Waals surface area contributed by atoms with Gasteiger partial charge in [0.1, 0.15) is 23.2 Å². The number of nitriles is 1. The van der Waals surface area contributed by atoms with Gasteiger partial charge in [0.15, 0.2) is 0 Å². The average Bonchev–Trinajstić information content (AvgIpc) is 3.18. The number of aromatic nitrogens is 2. The van der Waals surface area contributed by atoms with Crippen molar-refractivity contribution in [3.8, 4) is 23.1 Å². The average molecular weight is 271 g/mol. The van der Waals surface area contributed by atoms with E-state index in [9.17, 15) is 9.65 Å². The van der Waals surface area contributed by atoms with Gasteiger partial charge in [-0.05, 0) is 37.5 Å². The largest absolute Gasteiger partial charge is 0.489 e. The van der Waals surface area contributed by atoms with Gasteiger partial charge in [-0.2, -0.15) is 10.4 Å². The van der Waals surface area contributed by atoms with Gasteiger partial charge in [-0.15, -0.1) is 0 Å². The maximum atomic E-state index is 14.2. The summed E-state index contributed by atoms with van der Waals surface area (Å²) in [6, 6.07) is 4.95. The Morgan fingerprint density at radius 3 is 2.75 bits per heavy atom. The lowest BCUT2D eigenvalue weighted by Crippen LogP contribution is -2.04. The first-order valence-corrected chi connectivity index (χ1v) is 6.50. The van der Waals surface area contributed by atoms with Gasteiger partial charge in [-0.25, -0.2) is 4.39 Å². The molecule has 0 aliphatic heterocycles. The number of aryl methyl sites for hydroxylation is 2. The van der Waals surface area contributed by atoms with Gasteiger partial charge in [-0.3, -0.25) is 4.68 Å². The van der Waals surface area contributed by atoms with E-state index in [0.717, 1.165) is 18.4 Å². The van der Waals surface area contributed by atoms with Crippen molar-refractivity contribution in [3.63, 3.8) is 0 Å². The molecule has 102 valence electrons. The van der Waals surface area contributed by atoms with Crippen LogP contribution in [0.2, 0.25) is 0 Å². The van der Waals surface area contributed by atoms with Crippen LogP contribution in [0.15, 0.2) is 18.3 Å². The van der Waals surface area contributed by atoms with Crippen LogP contribution in [-0.2, 0) is 7.05 Å². The third-order valence-corrected chi connectivity index (χ3v) is 3.40. The van der Waals surface area contributed by atoms with Gasteiger partial charge >= 0.3 is 0 Å². The van der Waals surface area contributed by atoms with Crippen LogP contribution in [0.25, 0.3) is 11.3 Å². The zero-order valence-electron chi connectivity index (χ0n) is 11.4. The van der Waals surface area contributed by atoms with Gasteiger partial charge in [0.25, 0.3) is 0 Å². The molecule has 5 heteroatoms. The molecule has 1 aliphatic carbocycles. The number of hydrogen-bond donors (Lipinski definition) is 0. The van der Waals surface area contributed by atoms with E-state index in [1.807, 2.05) is 6.92 Å². The summed E-state index contributed by atoms with van der Waals surface area (Å²) >= 11 is 0. The normalized spacial score (nSPS) is 14.1. The molecule has 4 nitrogen and oxygen atoms in total. The highest BCUT2D eigenvalue weighted by Crippen LogP contribution is 2.36. The first-order chi connectivity index (χ1) is 9.61. The summed E-state index contributed by atoms with van der Waals surface area (Å²) in [7, 11) is 1.73. The summed E-state index contributed by atoms with van der Waals surface area (Å²) < 4.78 is 21.5. The molecule has 1 aromatic heterocycles. The Hall–Kier alpha value is -2.35. The number of nitrogens with zero attached hydrogens (tertiary/aromatic N) is 3. The van der Waals surface area contributed by atoms with Crippen molar-refractivity contribution in [2.45, 2.75) is 25.9 Å². The summed E-state index contributed by atoms with van der Waals surface area (Å²) in [5.41, 5.74) is 1.94. The van der Waals surface area contributed by atoms with Gasteiger partial charge < -0.3 is 4.74 Å². The SMILES string of the molecule is Cc1cnn(C)c1-c1c(F)ccc(OC2CC2)c1C#N. The van der Waals surface area contributed by atoms with Crippen LogP contribution < -0.4 is 4.74 Å². The Bertz CT molecular complexity index is 691. The second kappa shape index (κ2) is 4.64. The predicted octanol–water partition coefficient (Wildman–Crippen LogP) is 2.95. The molecule has 1 aliphatic rings. The third kappa shape index (κ3) is 2.03. The second-order valence-electron chi connectivity index (χ2n) is 5.02. The number of hydrogen-bond acceptors (Lipinski definition) is 3. The van der Waals surface area contributed by atoms with Crippen LogP contribution in [-0.4, -0.2) is 15.9 Å². The fraction of sp³-hybridized carbons (Fsp3) is 0.333. The molecule has 0 bridgehead atoms. The Morgan fingerprint density at radius 2 is 2.20 bits per heavy atom. The van der Waals surface area contributed by atoms with Crippen LogP contribution in [0.4, 0.5) is 4.39 Å². The molecular formula is C15H14FN3O. The predicted molar refractivity (Wildman–Crippen MR) is 71.7 cm³/mol. The molecule has 1 fully saturated rings. The minimum absolute atomic E-state index is 0.160. The van der Waals surface area contributed by atoms with Gasteiger partial charge in [0.2, 0.25) is 0 Å². The van der Waals surface area contributed by atoms with E-state index < -0.39 is 5.82 Å². The van der Waals surface area contributed by atoms with Crippen molar-refractivity contribution < 1.29 is 9.13 Å². The lowest BCUT2D eigenvalue weighted by molar-refractivity contribution is 0.302. The Morgan fingerprint density at radius 1 is 1.45 bits per heavy atom. The second-order valence-corrected chi connectivity index (χ2v) is 5.02. The molecule has 0 N–H and O–H groups in total. The van der Waals surface area contributed by atoms with Crippen molar-refractivity contribution in [1.29, 1.82) is 5.26 Å². The minimum Gasteiger partial charge on any atom is -0.489 e. The van der Waals surface area contributed by atoms with E-state index in [2.05, 4.69) is 11.2 Å². The summed E-state index contributed by atoms with van der Waals surface area (Å²) in [5.74, 6) is 0.0170. The fourth-order valence-corrected chi connectivity index (χ4v) is 2.27. The molecule has 1 aromatic carbocycles. The topological polar surface area (TPSA) is 50.8 Å². The number of halogens is 1. The fourth-order valence-electron chi connectivity index (χ4n) is 2.27. The van der Waals surface area contributed by atoms with Crippen LogP contribution in [0, 0.1) is 24.1 Å². The quantitative estimate of drug-likeness (QED) is 0.862. The van der Waals surface area contributed by atoms with Crippen molar-refractivity contribution in [3.05, 3.63) is 35.3 Å². The van der Waals surface area contributed by atoms with Crippen LogP contribution in [0.5, 0.6) is 5.75 Å². The summed E-state index contributed by atoms with van der Waals surface area (Å²) in [5, 5.41) is 13.5. The maximum Gasteiger partial charge on any atom is 0.138 e. The van der Waals surface area contributed by atoms with E-state index in [1.165, 1.54) is 12.1 Å². The highest BCUT2D eigenvalue weighted by molar-refractivity contribution is 5.74. The van der Waals surface area contributed by atoms with E-state index in [4.69, 9.17) is 4.74 Å². The van der Waals surface area contributed by atoms with Crippen molar-refractivity contribution >= 4 is 0 Å². The van der Waals surface area contributed by atoms with Crippen molar-refractivity contribution in [2.75, 3.05) is 0 Å². The van der Waals surface area contributed by atoms with Crippen LogP contribution in [0.3, 0.4) is 0 Å². The molecule has 2 aromatic rings. The molecule has 1 saturated carbocycles. The van der Waals surface area contributed by atoms with E-state index >= 15 is 0 Å². The molecule has 20 heavy (non-hydrogen) atoms. The van der Waals surface area contributed by atoms with Crippen LogP contribution in [0.1, 0.15) is 24.0 Å². The summed E-state index contributed by atoms with van der Waals surface area (Å²) in [6.45, 7) is 1.84. The summed E-state index contributed by atoms with van der Waals surface area (Å²) in [4.78, 5) is 0. The Balaban J connectivity index is 2.20. The highest BCUT2D eigenvalue weighted by atomic mass is 19.1. The molecule has 0 atom stereocenters. The molecule has 0 saturated heterocycles. The molecule has 1 heterocycles. The molecule has 3 rings (SSSR count). The van der Waals surface area contributed by atoms with Crippen LogP contribution >= 0.6 is 0 Å². The highest BCUT2D eigenvalue weighted by Gasteiger charge is 2.27. The van der Waals surface area contributed by atoms with E-state index in [-0.39, 0.29) is 17.2 Å². The smallest absolute Gasteiger partial charge is 0.138 e. The number of benzene rings is 1. The zero-order chi connectivity index (χ0) is 14.3. The zero-order valence-corrected chi connectivity index (χ0v) is 11.4. The van der Waals surface area contributed by atoms with Gasteiger partial charge in [0, 0.05) is 7.05 Å². The standard InChI is InChI=1S/C15H14FN3O/c1-9-8-18-19(2)15(9)14-11(7-17)13(6-5-12(14)16)20-10-3-4-10/h5-6,8,10H,3-4H2,1-2H3. The Kier molecular flexibility index (Phi) is 2.94. The van der Waals surface area contributed by atoms with Crippen molar-refractivity contribution in [2.24, 2.45) is 7.05 Å². The molecule has 0 spiro atoms. The lowest BCUT2D eigenvalue weighted by Gasteiger charge is -2.12. The monoisotopic (exact) mass is 271 g/mol. The number of rotatable bonds is 3. The molecule has 0 unspecified atom stereocenters. The first kappa shape index (κ1) is 12.7. The minimum atomic E-state index is -0.434. The first-order valence-electron chi connectivity index (χ1n) is 6.50. The van der Waals surface area contributed by atoms with Gasteiger partial charge in [0.05, 0.1) is 23.6 Å². The maximum absolute atomic E-state index is 14.2. The van der Waals surface area contributed by atoms with E-state index in [1.54, 1.807) is 17.9 Å². The molecule has 0 radical (unpaired) electrons. The molecule has 0 amide bonds. The number of ether oxygens (including phenoxy) is 1. The third-order valence-electron chi connectivity index (χ3n) is 3.40. The molecular weight excluding hydrogens is 257 g/mol. The Labute approximate surface area is 116 Å². The van der Waals surface area contributed by atoms with E-state index in [0.29, 0.717) is 11.4 Å². The van der Waals surface area contributed by atoms with Crippen molar-refractivity contribution in [1.82, 2.24) is 9.78 Å². The van der Waals surface area contributed by atoms with Gasteiger partial charge in [-0.1, -0.05) is 0 Å². The lowest BCUT2D eigenvalue weighted by atomic mass is 10.0.